The Morgan fingerprint density at radius 1 is 0.500 bits per heavy atom. The van der Waals surface area contributed by atoms with Gasteiger partial charge < -0.3 is 14.9 Å². The Morgan fingerprint density at radius 2 is 0.875 bits per heavy atom. The van der Waals surface area contributed by atoms with Crippen LogP contribution >= 0.6 is 0 Å². The van der Waals surface area contributed by atoms with Gasteiger partial charge in [0.05, 0.1) is 0 Å². The monoisotopic (exact) mass is 800 g/mol. The van der Waals surface area contributed by atoms with Crippen molar-refractivity contribution in [3.63, 3.8) is 0 Å². The van der Waals surface area contributed by atoms with Gasteiger partial charge in [0.15, 0.2) is 0 Å². The molecule has 0 radical (unpaired) electrons. The van der Waals surface area contributed by atoms with Crippen LogP contribution in [0, 0.1) is 28.7 Å². The predicted octanol–water partition coefficient (Wildman–Crippen LogP) is 14.0. The second-order valence-corrected chi connectivity index (χ2v) is 15.5. The van der Waals surface area contributed by atoms with Gasteiger partial charge in [0.25, 0.3) is 0 Å². The van der Waals surface area contributed by atoms with Crippen molar-refractivity contribution in [2.45, 2.75) is 98.3 Å². The number of fused-ring (bicyclic) bond motifs is 2. The Morgan fingerprint density at radius 3 is 1.19 bits per heavy atom. The quantitative estimate of drug-likeness (QED) is 0.116. The van der Waals surface area contributed by atoms with E-state index in [1.165, 1.54) is 77.2 Å². The van der Waals surface area contributed by atoms with E-state index in [4.69, 9.17) is 0 Å². The van der Waals surface area contributed by atoms with E-state index < -0.39 is 0 Å². The van der Waals surface area contributed by atoms with E-state index in [0.717, 1.165) is 12.8 Å². The average Bonchev–Trinajstić information content (AvgIpc) is 3.63. The van der Waals surface area contributed by atoms with Gasteiger partial charge >= 0.3 is 25.8 Å². The van der Waals surface area contributed by atoms with Gasteiger partial charge in [-0.15, -0.1) is 69.1 Å². The van der Waals surface area contributed by atoms with Crippen LogP contribution in [0.25, 0.3) is 43.8 Å². The van der Waals surface area contributed by atoms with Gasteiger partial charge in [0.2, 0.25) is 0 Å². The summed E-state index contributed by atoms with van der Waals surface area (Å²) in [6.45, 7) is 23.0. The fourth-order valence-electron chi connectivity index (χ4n) is 7.59. The molecule has 0 unspecified atom stereocenters. The summed E-state index contributed by atoms with van der Waals surface area (Å²) in [5.41, 5.74) is 13.9. The zero-order valence-corrected chi connectivity index (χ0v) is 35.2. The summed E-state index contributed by atoms with van der Waals surface area (Å²) < 4.78 is 0. The summed E-state index contributed by atoms with van der Waals surface area (Å²) in [5, 5.41) is 5.38. The van der Waals surface area contributed by atoms with E-state index in [2.05, 4.69) is 166 Å². The van der Waals surface area contributed by atoms with Crippen molar-refractivity contribution < 1.29 is 25.8 Å². The van der Waals surface area contributed by atoms with E-state index in [1.807, 2.05) is 0 Å². The SMILES string of the molecule is CCC(CC)(c1cc2c(-c3ccc(C(C)(C)C)cc3C)cccc2[cH-]1)c1cc2c(-c3ccc(C(C)(C)C)cc3C)cccc2[cH-]1.[CH3-].[CH3-].[Hf+4]. The topological polar surface area (TPSA) is 0 Å². The summed E-state index contributed by atoms with van der Waals surface area (Å²) >= 11 is 0. The molecule has 248 valence electrons. The molecule has 0 saturated heterocycles. The van der Waals surface area contributed by atoms with E-state index in [9.17, 15) is 0 Å². The van der Waals surface area contributed by atoms with Crippen LogP contribution in [0.5, 0.6) is 0 Å². The summed E-state index contributed by atoms with van der Waals surface area (Å²) in [7, 11) is 0. The second kappa shape index (κ2) is 14.4. The molecule has 0 spiro atoms. The third kappa shape index (κ3) is 6.87. The first kappa shape index (κ1) is 39.4. The predicted molar refractivity (Wildman–Crippen MR) is 211 cm³/mol. The molecule has 1 heteroatoms. The van der Waals surface area contributed by atoms with Crippen LogP contribution in [0.3, 0.4) is 0 Å². The smallest absolute Gasteiger partial charge is 0.358 e. The Kier molecular flexibility index (Phi) is 11.9. The molecule has 0 fully saturated rings. The standard InChI is InChI=1S/C45H50.2CH3.Hf/c1-11-45(12-2,35-25-31-15-13-17-39(41(31)27-35)37-21-19-33(23-29(37)3)43(5,6)7)36-26-32-16-14-18-40(42(32)28-36)38-22-20-34(24-30(38)4)44(8,9)10;;;/h13-28H,11-12H2,1-10H3;2*1H3;/q-2;2*-1;+4. The van der Waals surface area contributed by atoms with E-state index in [-0.39, 0.29) is 56.9 Å². The third-order valence-electron chi connectivity index (χ3n) is 10.6. The zero-order chi connectivity index (χ0) is 32.3. The molecular formula is C47H56Hf. The number of benzene rings is 4. The molecule has 0 aliphatic carbocycles. The molecule has 0 aliphatic rings. The fraction of sp³-hybridized carbons (Fsp3) is 0.319. The molecule has 48 heavy (non-hydrogen) atoms. The van der Waals surface area contributed by atoms with Crippen molar-refractivity contribution in [1.82, 2.24) is 0 Å². The van der Waals surface area contributed by atoms with Gasteiger partial charge in [-0.05, 0) is 76.3 Å². The molecule has 0 heterocycles. The van der Waals surface area contributed by atoms with Crippen molar-refractivity contribution in [3.8, 4) is 22.3 Å². The zero-order valence-electron chi connectivity index (χ0n) is 31.7. The van der Waals surface area contributed by atoms with Gasteiger partial charge in [-0.2, -0.15) is 12.1 Å². The number of hydrogen-bond acceptors (Lipinski definition) is 0. The number of aryl methyl sites for hydroxylation is 2. The van der Waals surface area contributed by atoms with Crippen molar-refractivity contribution >= 4 is 21.5 Å². The summed E-state index contributed by atoms with van der Waals surface area (Å²) in [5.74, 6) is 0. The van der Waals surface area contributed by atoms with Crippen LogP contribution < -0.4 is 0 Å². The summed E-state index contributed by atoms with van der Waals surface area (Å²) in [4.78, 5) is 0. The van der Waals surface area contributed by atoms with Gasteiger partial charge in [0, 0.05) is 0 Å². The Hall–Kier alpha value is -3.03. The minimum Gasteiger partial charge on any atom is -0.358 e. The molecule has 0 bridgehead atoms. The second-order valence-electron chi connectivity index (χ2n) is 15.5. The molecule has 0 nitrogen and oxygen atoms in total. The fourth-order valence-corrected chi connectivity index (χ4v) is 7.59. The largest absolute Gasteiger partial charge is 4.00 e. The van der Waals surface area contributed by atoms with Crippen LogP contribution in [-0.2, 0) is 42.1 Å². The van der Waals surface area contributed by atoms with Gasteiger partial charge in [-0.1, -0.05) is 115 Å². The minimum atomic E-state index is -0.0527. The van der Waals surface area contributed by atoms with Crippen molar-refractivity contribution in [1.29, 1.82) is 0 Å². The van der Waals surface area contributed by atoms with Crippen LogP contribution in [-0.4, -0.2) is 0 Å². The van der Waals surface area contributed by atoms with Crippen molar-refractivity contribution in [2.75, 3.05) is 0 Å². The van der Waals surface area contributed by atoms with E-state index in [1.54, 1.807) is 0 Å². The molecule has 0 N–H and O–H groups in total. The Bertz CT molecular complexity index is 1860. The first-order chi connectivity index (χ1) is 21.3. The summed E-state index contributed by atoms with van der Waals surface area (Å²) in [6, 6.07) is 37.7. The number of hydrogen-bond donors (Lipinski definition) is 0. The van der Waals surface area contributed by atoms with Crippen LogP contribution in [0.4, 0.5) is 0 Å². The first-order valence-electron chi connectivity index (χ1n) is 16.9. The van der Waals surface area contributed by atoms with Crippen molar-refractivity contribution in [3.05, 3.63) is 145 Å². The Balaban J connectivity index is 0.00000208. The number of rotatable bonds is 6. The van der Waals surface area contributed by atoms with Gasteiger partial charge in [-0.3, -0.25) is 0 Å². The van der Waals surface area contributed by atoms with E-state index >= 15 is 0 Å². The molecule has 0 aliphatic heterocycles. The summed E-state index contributed by atoms with van der Waals surface area (Å²) in [6.07, 6.45) is 2.11. The molecule has 6 aromatic carbocycles. The maximum atomic E-state index is 2.50. The Labute approximate surface area is 311 Å². The molecule has 6 aromatic rings. The van der Waals surface area contributed by atoms with E-state index in [0.29, 0.717) is 0 Å². The van der Waals surface area contributed by atoms with Crippen LogP contribution in [0.2, 0.25) is 0 Å². The maximum Gasteiger partial charge on any atom is 4.00 e. The van der Waals surface area contributed by atoms with Crippen molar-refractivity contribution in [2.24, 2.45) is 0 Å². The van der Waals surface area contributed by atoms with Gasteiger partial charge in [0.1, 0.15) is 0 Å². The molecule has 6 rings (SSSR count). The van der Waals surface area contributed by atoms with Crippen LogP contribution in [0.15, 0.2) is 97.1 Å². The van der Waals surface area contributed by atoms with Gasteiger partial charge in [-0.25, -0.2) is 0 Å². The molecular weight excluding hydrogens is 743 g/mol. The molecule has 0 amide bonds. The third-order valence-corrected chi connectivity index (χ3v) is 10.6. The van der Waals surface area contributed by atoms with Crippen LogP contribution in [0.1, 0.15) is 102 Å². The molecule has 0 atom stereocenters. The first-order valence-corrected chi connectivity index (χ1v) is 16.9. The molecule has 0 aromatic heterocycles. The minimum absolute atomic E-state index is 0. The maximum absolute atomic E-state index is 2.50. The normalized spacial score (nSPS) is 12.0. The molecule has 0 saturated carbocycles. The average molecular weight is 799 g/mol.